The third-order valence-electron chi connectivity index (χ3n) is 2.63. The van der Waals surface area contributed by atoms with E-state index in [1.807, 2.05) is 0 Å². The van der Waals surface area contributed by atoms with Gasteiger partial charge in [-0.05, 0) is 41.5 Å². The maximum absolute atomic E-state index is 12.5. The minimum Gasteiger partial charge on any atom is -0.444 e. The number of alkyl halides is 3. The Morgan fingerprint density at radius 1 is 0.767 bits per heavy atom. The summed E-state index contributed by atoms with van der Waals surface area (Å²) >= 11 is 0. The van der Waals surface area contributed by atoms with E-state index < -0.39 is 41.4 Å². The third-order valence-corrected chi connectivity index (χ3v) is 2.63. The van der Waals surface area contributed by atoms with Gasteiger partial charge in [0.2, 0.25) is 0 Å². The van der Waals surface area contributed by atoms with Crippen molar-refractivity contribution in [1.82, 2.24) is 21.3 Å². The molecule has 3 amide bonds. The number of aliphatic imine (C=N–C) groups is 1. The first-order valence-electron chi connectivity index (χ1n) is 9.10. The van der Waals surface area contributed by atoms with Gasteiger partial charge in [-0.2, -0.15) is 13.2 Å². The molecule has 0 unspecified atom stereocenters. The molecular formula is C17H30F3N5O5. The van der Waals surface area contributed by atoms with Crippen LogP contribution in [0.25, 0.3) is 0 Å². The second kappa shape index (κ2) is 11.5. The molecule has 0 rings (SSSR count). The summed E-state index contributed by atoms with van der Waals surface area (Å²) in [4.78, 5) is 38.0. The molecule has 4 N–H and O–H groups in total. The number of hydrogen-bond acceptors (Lipinski definition) is 6. The van der Waals surface area contributed by atoms with Crippen molar-refractivity contribution >= 4 is 24.1 Å². The number of ether oxygens (including phenoxy) is 2. The second-order valence-electron chi connectivity index (χ2n) is 7.97. The first-order chi connectivity index (χ1) is 13.5. The fourth-order valence-electron chi connectivity index (χ4n) is 1.62. The first kappa shape index (κ1) is 27.3. The molecule has 13 heteroatoms. The minimum atomic E-state index is -5.11. The van der Waals surface area contributed by atoms with Crippen molar-refractivity contribution in [2.75, 3.05) is 26.2 Å². The number of alkyl carbamates (subject to hydrolysis) is 2. The van der Waals surface area contributed by atoms with Crippen LogP contribution in [0.4, 0.5) is 22.8 Å². The summed E-state index contributed by atoms with van der Waals surface area (Å²) in [6.45, 7) is 9.80. The molecule has 0 aliphatic carbocycles. The molecule has 10 nitrogen and oxygen atoms in total. The number of nitrogens with one attached hydrogen (secondary N) is 4. The highest BCUT2D eigenvalue weighted by atomic mass is 19.4. The zero-order valence-corrected chi connectivity index (χ0v) is 18.0. The van der Waals surface area contributed by atoms with E-state index in [2.05, 4.69) is 20.9 Å². The Morgan fingerprint density at radius 2 is 1.20 bits per heavy atom. The van der Waals surface area contributed by atoms with Crippen LogP contribution in [0.1, 0.15) is 41.5 Å². The lowest BCUT2D eigenvalue weighted by molar-refractivity contribution is -0.171. The zero-order valence-electron chi connectivity index (χ0n) is 18.0. The molecule has 0 saturated heterocycles. The lowest BCUT2D eigenvalue weighted by Gasteiger charge is -2.20. The fraction of sp³-hybridized carbons (Fsp3) is 0.765. The number of hydrogen-bond donors (Lipinski definition) is 4. The summed E-state index contributed by atoms with van der Waals surface area (Å²) in [6.07, 6.45) is -6.52. The number of carbonyl (C=O) groups is 3. The molecule has 0 atom stereocenters. The summed E-state index contributed by atoms with van der Waals surface area (Å²) in [7, 11) is 0. The SMILES string of the molecule is CC(C)(C)OC(=O)NCCN=C(NCCNC(=O)OC(C)(C)C)NC(=O)C(F)(F)F. The van der Waals surface area contributed by atoms with Crippen LogP contribution in [0, 0.1) is 0 Å². The van der Waals surface area contributed by atoms with Crippen LogP contribution in [0.15, 0.2) is 4.99 Å². The number of carbonyl (C=O) groups excluding carboxylic acids is 3. The molecule has 0 aromatic carbocycles. The molecule has 0 radical (unpaired) electrons. The van der Waals surface area contributed by atoms with Crippen LogP contribution < -0.4 is 21.3 Å². The van der Waals surface area contributed by atoms with Crippen molar-refractivity contribution in [1.29, 1.82) is 0 Å². The normalized spacial score (nSPS) is 12.6. The van der Waals surface area contributed by atoms with Gasteiger partial charge in [0.1, 0.15) is 11.2 Å². The molecule has 174 valence electrons. The van der Waals surface area contributed by atoms with Gasteiger partial charge in [0.25, 0.3) is 0 Å². The molecular weight excluding hydrogens is 411 g/mol. The molecule has 0 aromatic heterocycles. The van der Waals surface area contributed by atoms with E-state index in [4.69, 9.17) is 9.47 Å². The molecule has 30 heavy (non-hydrogen) atoms. The quantitative estimate of drug-likeness (QED) is 0.282. The Morgan fingerprint density at radius 3 is 1.63 bits per heavy atom. The number of amides is 3. The van der Waals surface area contributed by atoms with Crippen LogP contribution in [-0.4, -0.2) is 67.6 Å². The van der Waals surface area contributed by atoms with Crippen LogP contribution in [-0.2, 0) is 14.3 Å². The number of halogens is 3. The van der Waals surface area contributed by atoms with Gasteiger partial charge in [-0.1, -0.05) is 0 Å². The van der Waals surface area contributed by atoms with E-state index in [-0.39, 0.29) is 26.2 Å². The Hall–Kier alpha value is -2.73. The topological polar surface area (TPSA) is 130 Å². The van der Waals surface area contributed by atoms with Crippen molar-refractivity contribution in [3.63, 3.8) is 0 Å². The molecule has 0 bridgehead atoms. The Bertz CT molecular complexity index is 625. The van der Waals surface area contributed by atoms with Gasteiger partial charge in [-0.3, -0.25) is 15.1 Å². The van der Waals surface area contributed by atoms with Gasteiger partial charge in [0.15, 0.2) is 5.96 Å². The van der Waals surface area contributed by atoms with Gasteiger partial charge in [0.05, 0.1) is 6.54 Å². The predicted octanol–water partition coefficient (Wildman–Crippen LogP) is 1.66. The van der Waals surface area contributed by atoms with Crippen molar-refractivity contribution in [2.24, 2.45) is 4.99 Å². The summed E-state index contributed by atoms with van der Waals surface area (Å²) < 4.78 is 47.4. The van der Waals surface area contributed by atoms with Gasteiger partial charge in [-0.15, -0.1) is 0 Å². The maximum Gasteiger partial charge on any atom is 0.471 e. The van der Waals surface area contributed by atoms with Gasteiger partial charge in [-0.25, -0.2) is 9.59 Å². The molecule has 0 saturated carbocycles. The van der Waals surface area contributed by atoms with E-state index in [1.165, 1.54) is 0 Å². The molecule has 0 heterocycles. The summed E-state index contributed by atoms with van der Waals surface area (Å²) in [5.74, 6) is -2.68. The standard InChI is InChI=1S/C17H30F3N5O5/c1-15(2,3)29-13(27)23-9-7-21-12(25-11(26)17(18,19)20)22-8-10-24-14(28)30-16(4,5)6/h7-10H2,1-6H3,(H,23,27)(H,24,28)(H2,21,22,25,26). The molecule has 0 aliphatic rings. The highest BCUT2D eigenvalue weighted by Gasteiger charge is 2.39. The molecule has 0 spiro atoms. The smallest absolute Gasteiger partial charge is 0.444 e. The van der Waals surface area contributed by atoms with Gasteiger partial charge >= 0.3 is 24.3 Å². The van der Waals surface area contributed by atoms with Gasteiger partial charge in [0, 0.05) is 19.6 Å². The summed E-state index contributed by atoms with van der Waals surface area (Å²) in [6, 6.07) is 0. The fourth-order valence-corrected chi connectivity index (χ4v) is 1.62. The first-order valence-corrected chi connectivity index (χ1v) is 9.10. The van der Waals surface area contributed by atoms with Crippen LogP contribution in [0.5, 0.6) is 0 Å². The Kier molecular flexibility index (Phi) is 10.4. The summed E-state index contributed by atoms with van der Waals surface area (Å²) in [5, 5.41) is 8.84. The number of guanidine groups is 1. The van der Waals surface area contributed by atoms with Crippen LogP contribution >= 0.6 is 0 Å². The second-order valence-corrected chi connectivity index (χ2v) is 7.97. The van der Waals surface area contributed by atoms with E-state index >= 15 is 0 Å². The molecule has 0 fully saturated rings. The monoisotopic (exact) mass is 441 g/mol. The Labute approximate surface area is 173 Å². The lowest BCUT2D eigenvalue weighted by Crippen LogP contribution is -2.48. The minimum absolute atomic E-state index is 0.00796. The van der Waals surface area contributed by atoms with Crippen molar-refractivity contribution in [2.45, 2.75) is 58.9 Å². The van der Waals surface area contributed by atoms with Crippen LogP contribution in [0.2, 0.25) is 0 Å². The highest BCUT2D eigenvalue weighted by molar-refractivity contribution is 5.99. The molecule has 0 aromatic rings. The largest absolute Gasteiger partial charge is 0.471 e. The third kappa shape index (κ3) is 15.2. The van der Waals surface area contributed by atoms with Crippen molar-refractivity contribution < 1.29 is 37.0 Å². The number of rotatable bonds is 6. The highest BCUT2D eigenvalue weighted by Crippen LogP contribution is 2.13. The lowest BCUT2D eigenvalue weighted by atomic mass is 10.2. The number of nitrogens with zero attached hydrogens (tertiary/aromatic N) is 1. The van der Waals surface area contributed by atoms with E-state index in [9.17, 15) is 27.6 Å². The summed E-state index contributed by atoms with van der Waals surface area (Å²) in [5.41, 5.74) is -1.41. The maximum atomic E-state index is 12.5. The average Bonchev–Trinajstić information content (AvgIpc) is 2.50. The van der Waals surface area contributed by atoms with E-state index in [1.54, 1.807) is 46.9 Å². The van der Waals surface area contributed by atoms with Crippen molar-refractivity contribution in [3.8, 4) is 0 Å². The Balaban J connectivity index is 4.64. The van der Waals surface area contributed by atoms with E-state index in [0.717, 1.165) is 0 Å². The predicted molar refractivity (Wildman–Crippen MR) is 103 cm³/mol. The zero-order chi connectivity index (χ0) is 23.6. The van der Waals surface area contributed by atoms with Crippen LogP contribution in [0.3, 0.4) is 0 Å². The molecule has 0 aliphatic heterocycles. The van der Waals surface area contributed by atoms with Crippen molar-refractivity contribution in [3.05, 3.63) is 0 Å². The van der Waals surface area contributed by atoms with E-state index in [0.29, 0.717) is 0 Å². The average molecular weight is 441 g/mol. The van der Waals surface area contributed by atoms with Gasteiger partial charge < -0.3 is 25.4 Å².